The van der Waals surface area contributed by atoms with E-state index < -0.39 is 0 Å². The van der Waals surface area contributed by atoms with Gasteiger partial charge in [-0.05, 0) is 41.7 Å². The van der Waals surface area contributed by atoms with Crippen molar-refractivity contribution in [3.8, 4) is 0 Å². The van der Waals surface area contributed by atoms with Gasteiger partial charge < -0.3 is 14.4 Å². The normalized spacial score (nSPS) is 20.8. The lowest BCUT2D eigenvalue weighted by Crippen LogP contribution is -2.51. The SMILES string of the molecule is Cn1cc(CC(=O)N2CCN(C(=O)[C@H]3C[C@H]3c3ccc(F)cc3)CC2)c2ccccc21. The molecule has 2 atom stereocenters. The van der Waals surface area contributed by atoms with Gasteiger partial charge in [-0.15, -0.1) is 0 Å². The number of carbonyl (C=O) groups excluding carboxylic acids is 2. The van der Waals surface area contributed by atoms with Gasteiger partial charge in [0.05, 0.1) is 6.42 Å². The Labute approximate surface area is 181 Å². The summed E-state index contributed by atoms with van der Waals surface area (Å²) in [5.41, 5.74) is 3.20. The zero-order valence-electron chi connectivity index (χ0n) is 17.6. The van der Waals surface area contributed by atoms with E-state index in [0.29, 0.717) is 32.6 Å². The number of piperazine rings is 1. The van der Waals surface area contributed by atoms with Crippen molar-refractivity contribution in [1.29, 1.82) is 0 Å². The lowest BCUT2D eigenvalue weighted by atomic mass is 10.1. The molecule has 2 fully saturated rings. The van der Waals surface area contributed by atoms with Crippen LogP contribution in [-0.4, -0.2) is 52.4 Å². The van der Waals surface area contributed by atoms with Crippen LogP contribution in [0.15, 0.2) is 54.7 Å². The number of carbonyl (C=O) groups is 2. The minimum absolute atomic E-state index is 0.0107. The van der Waals surface area contributed by atoms with Gasteiger partial charge in [-0.1, -0.05) is 30.3 Å². The molecule has 1 saturated heterocycles. The molecule has 5 nitrogen and oxygen atoms in total. The summed E-state index contributed by atoms with van der Waals surface area (Å²) in [6, 6.07) is 14.6. The molecule has 31 heavy (non-hydrogen) atoms. The maximum Gasteiger partial charge on any atom is 0.227 e. The quantitative estimate of drug-likeness (QED) is 0.651. The molecule has 3 aromatic rings. The van der Waals surface area contributed by atoms with E-state index >= 15 is 0 Å². The third kappa shape index (κ3) is 3.82. The number of rotatable bonds is 4. The van der Waals surface area contributed by atoms with Crippen LogP contribution in [0.5, 0.6) is 0 Å². The number of hydrogen-bond donors (Lipinski definition) is 0. The minimum atomic E-state index is -0.253. The second-order valence-electron chi connectivity index (χ2n) is 8.67. The molecule has 5 rings (SSSR count). The Morgan fingerprint density at radius 3 is 2.39 bits per heavy atom. The van der Waals surface area contributed by atoms with E-state index in [1.54, 1.807) is 12.1 Å². The van der Waals surface area contributed by atoms with Crippen molar-refractivity contribution in [3.63, 3.8) is 0 Å². The summed E-state index contributed by atoms with van der Waals surface area (Å²) in [4.78, 5) is 29.5. The molecule has 0 bridgehead atoms. The van der Waals surface area contributed by atoms with Crippen molar-refractivity contribution < 1.29 is 14.0 Å². The van der Waals surface area contributed by atoms with Gasteiger partial charge in [0.25, 0.3) is 0 Å². The fourth-order valence-electron chi connectivity index (χ4n) is 4.80. The molecule has 0 N–H and O–H groups in total. The van der Waals surface area contributed by atoms with Crippen LogP contribution in [-0.2, 0) is 23.1 Å². The van der Waals surface area contributed by atoms with Crippen molar-refractivity contribution in [1.82, 2.24) is 14.4 Å². The Kier molecular flexibility index (Phi) is 5.00. The van der Waals surface area contributed by atoms with Crippen molar-refractivity contribution in [2.45, 2.75) is 18.8 Å². The molecule has 160 valence electrons. The highest BCUT2D eigenvalue weighted by Gasteiger charge is 2.46. The molecule has 1 saturated carbocycles. The minimum Gasteiger partial charge on any atom is -0.350 e. The maximum atomic E-state index is 13.1. The van der Waals surface area contributed by atoms with Gasteiger partial charge in [0.2, 0.25) is 11.8 Å². The molecule has 2 aromatic carbocycles. The predicted octanol–water partition coefficient (Wildman–Crippen LogP) is 3.33. The van der Waals surface area contributed by atoms with Crippen LogP contribution in [0.4, 0.5) is 4.39 Å². The van der Waals surface area contributed by atoms with Gasteiger partial charge >= 0.3 is 0 Å². The first-order chi connectivity index (χ1) is 15.0. The lowest BCUT2D eigenvalue weighted by molar-refractivity contribution is -0.140. The van der Waals surface area contributed by atoms with Crippen molar-refractivity contribution >= 4 is 22.7 Å². The summed E-state index contributed by atoms with van der Waals surface area (Å²) in [5.74, 6) is 0.202. The first-order valence-corrected chi connectivity index (χ1v) is 10.9. The number of fused-ring (bicyclic) bond motifs is 1. The lowest BCUT2D eigenvalue weighted by Gasteiger charge is -2.35. The van der Waals surface area contributed by atoms with Crippen LogP contribution in [0.2, 0.25) is 0 Å². The number of para-hydroxylation sites is 1. The smallest absolute Gasteiger partial charge is 0.227 e. The third-order valence-corrected chi connectivity index (χ3v) is 6.67. The van der Waals surface area contributed by atoms with Crippen LogP contribution in [0, 0.1) is 11.7 Å². The van der Waals surface area contributed by atoms with E-state index in [1.165, 1.54) is 12.1 Å². The molecule has 2 heterocycles. The second-order valence-corrected chi connectivity index (χ2v) is 8.67. The Hall–Kier alpha value is -3.15. The fourth-order valence-corrected chi connectivity index (χ4v) is 4.80. The van der Waals surface area contributed by atoms with Gasteiger partial charge in [-0.25, -0.2) is 4.39 Å². The molecule has 2 amide bonds. The van der Waals surface area contributed by atoms with Crippen molar-refractivity contribution in [2.24, 2.45) is 13.0 Å². The monoisotopic (exact) mass is 419 g/mol. The van der Waals surface area contributed by atoms with Crippen LogP contribution in [0.25, 0.3) is 10.9 Å². The van der Waals surface area contributed by atoms with Gasteiger partial charge in [0.1, 0.15) is 5.82 Å². The molecule has 1 aliphatic heterocycles. The summed E-state index contributed by atoms with van der Waals surface area (Å²) in [6.45, 7) is 2.30. The first kappa shape index (κ1) is 19.8. The Balaban J connectivity index is 1.16. The van der Waals surface area contributed by atoms with Crippen LogP contribution in [0.1, 0.15) is 23.5 Å². The number of aromatic nitrogens is 1. The van der Waals surface area contributed by atoms with Gasteiger partial charge in [-0.2, -0.15) is 0 Å². The highest BCUT2D eigenvalue weighted by atomic mass is 19.1. The average molecular weight is 420 g/mol. The van der Waals surface area contributed by atoms with E-state index in [0.717, 1.165) is 28.5 Å². The average Bonchev–Trinajstić information content (AvgIpc) is 3.53. The number of amides is 2. The molecular formula is C25H26FN3O2. The predicted molar refractivity (Wildman–Crippen MR) is 117 cm³/mol. The van der Waals surface area contributed by atoms with Gasteiger partial charge in [0.15, 0.2) is 0 Å². The first-order valence-electron chi connectivity index (χ1n) is 10.9. The van der Waals surface area contributed by atoms with Crippen LogP contribution < -0.4 is 0 Å². The van der Waals surface area contributed by atoms with Gasteiger partial charge in [0, 0.05) is 56.2 Å². The summed E-state index contributed by atoms with van der Waals surface area (Å²) in [5, 5.41) is 1.12. The molecule has 1 aliphatic carbocycles. The second kappa shape index (κ2) is 7.84. The zero-order chi connectivity index (χ0) is 21.5. The van der Waals surface area contributed by atoms with E-state index in [1.807, 2.05) is 35.2 Å². The highest BCUT2D eigenvalue weighted by Crippen LogP contribution is 2.48. The summed E-state index contributed by atoms with van der Waals surface area (Å²) < 4.78 is 15.2. The van der Waals surface area contributed by atoms with Crippen LogP contribution in [0.3, 0.4) is 0 Å². The number of halogens is 1. The molecule has 0 spiro atoms. The van der Waals surface area contributed by atoms with E-state index in [2.05, 4.69) is 16.7 Å². The Bertz CT molecular complexity index is 1130. The van der Waals surface area contributed by atoms with E-state index in [-0.39, 0.29) is 29.5 Å². The fraction of sp³-hybridized carbons (Fsp3) is 0.360. The van der Waals surface area contributed by atoms with E-state index in [9.17, 15) is 14.0 Å². The largest absolute Gasteiger partial charge is 0.350 e. The highest BCUT2D eigenvalue weighted by molar-refractivity contribution is 5.89. The molecule has 0 radical (unpaired) electrons. The third-order valence-electron chi connectivity index (χ3n) is 6.67. The molecule has 1 aromatic heterocycles. The summed E-state index contributed by atoms with van der Waals surface area (Å²) in [6.07, 6.45) is 3.24. The molecular weight excluding hydrogens is 393 g/mol. The Morgan fingerprint density at radius 2 is 1.65 bits per heavy atom. The molecule has 2 aliphatic rings. The summed E-state index contributed by atoms with van der Waals surface area (Å²) >= 11 is 0. The number of hydrogen-bond acceptors (Lipinski definition) is 2. The standard InChI is InChI=1S/C25H26FN3O2/c1-27-16-18(20-4-2-3-5-23(20)27)14-24(30)28-10-12-29(13-11-28)25(31)22-15-21(22)17-6-8-19(26)9-7-17/h2-9,16,21-22H,10-15H2,1H3/t21-,22-/m0/s1. The zero-order valence-corrected chi connectivity index (χ0v) is 17.6. The molecule has 0 unspecified atom stereocenters. The number of benzene rings is 2. The van der Waals surface area contributed by atoms with E-state index in [4.69, 9.17) is 0 Å². The number of aryl methyl sites for hydroxylation is 1. The maximum absolute atomic E-state index is 13.1. The van der Waals surface area contributed by atoms with Crippen LogP contribution >= 0.6 is 0 Å². The summed E-state index contributed by atoms with van der Waals surface area (Å²) in [7, 11) is 2.00. The number of nitrogens with zero attached hydrogens (tertiary/aromatic N) is 3. The molecule has 6 heteroatoms. The van der Waals surface area contributed by atoms with Crippen molar-refractivity contribution in [3.05, 3.63) is 71.7 Å². The Morgan fingerprint density at radius 1 is 0.968 bits per heavy atom. The van der Waals surface area contributed by atoms with Crippen molar-refractivity contribution in [2.75, 3.05) is 26.2 Å². The topological polar surface area (TPSA) is 45.6 Å². The van der Waals surface area contributed by atoms with Gasteiger partial charge in [-0.3, -0.25) is 9.59 Å².